The molecule has 0 amide bonds. The number of ether oxygens (including phenoxy) is 5. The van der Waals surface area contributed by atoms with Crippen molar-refractivity contribution in [1.29, 1.82) is 0 Å². The maximum atomic E-state index is 11.9. The van der Waals surface area contributed by atoms with Crippen LogP contribution in [0, 0.1) is 0 Å². The van der Waals surface area contributed by atoms with Gasteiger partial charge < -0.3 is 23.7 Å². The molecule has 0 unspecified atom stereocenters. The van der Waals surface area contributed by atoms with Crippen molar-refractivity contribution in [3.05, 3.63) is 17.2 Å². The minimum absolute atomic E-state index is 0.223. The zero-order valence-electron chi connectivity index (χ0n) is 11.7. The number of rotatable bonds is 6. The molecule has 6 heteroatoms. The first-order valence-electron chi connectivity index (χ1n) is 5.53. The SMILES string of the molecule is COCc1cc(OC)c(OC)c(OC)c1C(=O)OC. The number of carbonyl (C=O) groups is 1. The second-order valence-electron chi connectivity index (χ2n) is 3.60. The van der Waals surface area contributed by atoms with Crippen molar-refractivity contribution >= 4 is 5.97 Å². The van der Waals surface area contributed by atoms with Crippen molar-refractivity contribution in [1.82, 2.24) is 0 Å². The normalized spacial score (nSPS) is 9.95. The van der Waals surface area contributed by atoms with Crippen molar-refractivity contribution in [3.63, 3.8) is 0 Å². The molecular weight excluding hydrogens is 252 g/mol. The van der Waals surface area contributed by atoms with Gasteiger partial charge in [-0.1, -0.05) is 0 Å². The fourth-order valence-corrected chi connectivity index (χ4v) is 1.80. The monoisotopic (exact) mass is 270 g/mol. The third kappa shape index (κ3) is 2.90. The zero-order chi connectivity index (χ0) is 14.4. The summed E-state index contributed by atoms with van der Waals surface area (Å²) < 4.78 is 25.6. The van der Waals surface area contributed by atoms with Crippen molar-refractivity contribution in [2.45, 2.75) is 6.61 Å². The minimum atomic E-state index is -0.523. The van der Waals surface area contributed by atoms with Crippen LogP contribution in [-0.2, 0) is 16.1 Å². The van der Waals surface area contributed by atoms with Gasteiger partial charge in [-0.05, 0) is 11.6 Å². The van der Waals surface area contributed by atoms with Crippen molar-refractivity contribution < 1.29 is 28.5 Å². The summed E-state index contributed by atoms with van der Waals surface area (Å²) in [5.74, 6) is 0.537. The fraction of sp³-hybridized carbons (Fsp3) is 0.462. The van der Waals surface area contributed by atoms with Crippen LogP contribution in [0.25, 0.3) is 0 Å². The molecule has 0 fully saturated rings. The van der Waals surface area contributed by atoms with E-state index in [9.17, 15) is 4.79 Å². The first kappa shape index (κ1) is 15.1. The van der Waals surface area contributed by atoms with Crippen molar-refractivity contribution in [2.75, 3.05) is 35.5 Å². The molecule has 0 N–H and O–H groups in total. The quantitative estimate of drug-likeness (QED) is 0.732. The van der Waals surface area contributed by atoms with E-state index in [-0.39, 0.29) is 17.9 Å². The smallest absolute Gasteiger partial charge is 0.342 e. The maximum Gasteiger partial charge on any atom is 0.342 e. The Morgan fingerprint density at radius 2 is 1.63 bits per heavy atom. The lowest BCUT2D eigenvalue weighted by atomic mass is 10.0. The summed E-state index contributed by atoms with van der Waals surface area (Å²) in [6, 6.07) is 1.66. The Balaban J connectivity index is 3.58. The molecule has 1 rings (SSSR count). The van der Waals surface area contributed by atoms with E-state index >= 15 is 0 Å². The molecule has 106 valence electrons. The minimum Gasteiger partial charge on any atom is -0.493 e. The van der Waals surface area contributed by atoms with Crippen LogP contribution < -0.4 is 14.2 Å². The summed E-state index contributed by atoms with van der Waals surface area (Å²) in [5, 5.41) is 0. The predicted molar refractivity (Wildman–Crippen MR) is 68.2 cm³/mol. The summed E-state index contributed by atoms with van der Waals surface area (Å²) in [4.78, 5) is 11.9. The van der Waals surface area contributed by atoms with Crippen molar-refractivity contribution in [3.8, 4) is 17.2 Å². The van der Waals surface area contributed by atoms with E-state index in [0.717, 1.165) is 0 Å². The van der Waals surface area contributed by atoms with Gasteiger partial charge in [0.05, 0.1) is 35.0 Å². The van der Waals surface area contributed by atoms with Gasteiger partial charge in [0.1, 0.15) is 5.56 Å². The Morgan fingerprint density at radius 3 is 2.05 bits per heavy atom. The molecule has 0 saturated heterocycles. The van der Waals surface area contributed by atoms with Crippen molar-refractivity contribution in [2.24, 2.45) is 0 Å². The third-order valence-corrected chi connectivity index (χ3v) is 2.60. The van der Waals surface area contributed by atoms with Crippen LogP contribution in [-0.4, -0.2) is 41.5 Å². The highest BCUT2D eigenvalue weighted by atomic mass is 16.5. The summed E-state index contributed by atoms with van der Waals surface area (Å²) in [6.07, 6.45) is 0. The fourth-order valence-electron chi connectivity index (χ4n) is 1.80. The summed E-state index contributed by atoms with van der Waals surface area (Å²) in [6.45, 7) is 0.223. The number of hydrogen-bond donors (Lipinski definition) is 0. The molecule has 19 heavy (non-hydrogen) atoms. The molecule has 0 aliphatic carbocycles. The van der Waals surface area contributed by atoms with Crippen LogP contribution in [0.1, 0.15) is 15.9 Å². The van der Waals surface area contributed by atoms with E-state index in [1.54, 1.807) is 6.07 Å². The van der Waals surface area contributed by atoms with Crippen LogP contribution in [0.3, 0.4) is 0 Å². The molecule has 0 aliphatic rings. The second-order valence-corrected chi connectivity index (χ2v) is 3.60. The lowest BCUT2D eigenvalue weighted by Crippen LogP contribution is -2.11. The molecule has 6 nitrogen and oxygen atoms in total. The molecule has 0 bridgehead atoms. The van der Waals surface area contributed by atoms with Crippen LogP contribution in [0.5, 0.6) is 17.2 Å². The lowest BCUT2D eigenvalue weighted by molar-refractivity contribution is 0.0591. The Bertz CT molecular complexity index is 455. The Kier molecular flexibility index (Phi) is 5.44. The van der Waals surface area contributed by atoms with Crippen LogP contribution in [0.15, 0.2) is 6.07 Å². The summed E-state index contributed by atoms with van der Waals surface area (Å²) in [7, 11) is 7.25. The van der Waals surface area contributed by atoms with E-state index in [0.29, 0.717) is 17.1 Å². The van der Waals surface area contributed by atoms with E-state index in [1.165, 1.54) is 35.5 Å². The first-order chi connectivity index (χ1) is 9.14. The highest BCUT2D eigenvalue weighted by Crippen LogP contribution is 2.42. The molecule has 1 aromatic carbocycles. The second kappa shape index (κ2) is 6.84. The number of hydrogen-bond acceptors (Lipinski definition) is 6. The standard InChI is InChI=1S/C13H18O6/c1-15-7-8-6-9(16-2)11(17-3)12(18-4)10(8)13(14)19-5/h6H,7H2,1-5H3. The van der Waals surface area contributed by atoms with Gasteiger partial charge in [0.2, 0.25) is 5.75 Å². The Hall–Kier alpha value is -1.95. The first-order valence-corrected chi connectivity index (χ1v) is 5.53. The maximum absolute atomic E-state index is 11.9. The van der Waals surface area contributed by atoms with Crippen LogP contribution in [0.2, 0.25) is 0 Å². The van der Waals surface area contributed by atoms with Gasteiger partial charge >= 0.3 is 5.97 Å². The molecule has 0 atom stereocenters. The van der Waals surface area contributed by atoms with Gasteiger partial charge in [0.25, 0.3) is 0 Å². The number of methoxy groups -OCH3 is 5. The van der Waals surface area contributed by atoms with Gasteiger partial charge in [-0.15, -0.1) is 0 Å². The lowest BCUT2D eigenvalue weighted by Gasteiger charge is -2.18. The molecule has 0 radical (unpaired) electrons. The van der Waals surface area contributed by atoms with Crippen LogP contribution in [0.4, 0.5) is 0 Å². The predicted octanol–water partition coefficient (Wildman–Crippen LogP) is 1.65. The average Bonchev–Trinajstić information content (AvgIpc) is 2.45. The average molecular weight is 270 g/mol. The molecular formula is C13H18O6. The highest BCUT2D eigenvalue weighted by molar-refractivity contribution is 5.96. The van der Waals surface area contributed by atoms with Gasteiger partial charge in [-0.2, -0.15) is 0 Å². The van der Waals surface area contributed by atoms with E-state index in [2.05, 4.69) is 0 Å². The van der Waals surface area contributed by atoms with Gasteiger partial charge in [0, 0.05) is 7.11 Å². The molecule has 0 heterocycles. The largest absolute Gasteiger partial charge is 0.493 e. The van der Waals surface area contributed by atoms with E-state index in [4.69, 9.17) is 23.7 Å². The molecule has 0 spiro atoms. The summed E-state index contributed by atoms with van der Waals surface area (Å²) >= 11 is 0. The van der Waals surface area contributed by atoms with E-state index < -0.39 is 5.97 Å². The van der Waals surface area contributed by atoms with Crippen LogP contribution >= 0.6 is 0 Å². The van der Waals surface area contributed by atoms with Gasteiger partial charge in [0.15, 0.2) is 11.5 Å². The summed E-state index contributed by atoms with van der Waals surface area (Å²) in [5.41, 5.74) is 0.869. The number of carbonyl (C=O) groups excluding carboxylic acids is 1. The number of esters is 1. The Morgan fingerprint density at radius 1 is 1.00 bits per heavy atom. The third-order valence-electron chi connectivity index (χ3n) is 2.60. The van der Waals surface area contributed by atoms with Gasteiger partial charge in [-0.3, -0.25) is 0 Å². The highest BCUT2D eigenvalue weighted by Gasteiger charge is 2.25. The molecule has 1 aromatic rings. The Labute approximate surface area is 112 Å². The molecule has 0 saturated carbocycles. The van der Waals surface area contributed by atoms with Gasteiger partial charge in [-0.25, -0.2) is 4.79 Å². The number of benzene rings is 1. The molecule has 0 aliphatic heterocycles. The molecule has 0 aromatic heterocycles. The zero-order valence-corrected chi connectivity index (χ0v) is 11.7. The topological polar surface area (TPSA) is 63.2 Å². The van der Waals surface area contributed by atoms with E-state index in [1.807, 2.05) is 0 Å².